The van der Waals surface area contributed by atoms with Crippen LogP contribution in [0, 0.1) is 5.92 Å². The highest BCUT2D eigenvalue weighted by Gasteiger charge is 2.36. The van der Waals surface area contributed by atoms with Crippen molar-refractivity contribution in [2.75, 3.05) is 13.1 Å². The normalized spacial score (nSPS) is 31.3. The van der Waals surface area contributed by atoms with Gasteiger partial charge < -0.3 is 10.1 Å². The van der Waals surface area contributed by atoms with Crippen LogP contribution in [0.4, 0.5) is 0 Å². The first kappa shape index (κ1) is 15.3. The molecule has 0 amide bonds. The van der Waals surface area contributed by atoms with Gasteiger partial charge >= 0.3 is 0 Å². The molecule has 112 valence electrons. The zero-order valence-electron chi connectivity index (χ0n) is 13.0. The van der Waals surface area contributed by atoms with Crippen molar-refractivity contribution in [3.05, 3.63) is 0 Å². The van der Waals surface area contributed by atoms with Crippen LogP contribution < -0.4 is 5.32 Å². The number of hydrogen-bond donors (Lipinski definition) is 1. The molecule has 19 heavy (non-hydrogen) atoms. The molecule has 0 aromatic rings. The van der Waals surface area contributed by atoms with Gasteiger partial charge in [-0.3, -0.25) is 0 Å². The maximum atomic E-state index is 6.69. The van der Waals surface area contributed by atoms with Crippen molar-refractivity contribution in [1.29, 1.82) is 0 Å². The van der Waals surface area contributed by atoms with E-state index in [2.05, 4.69) is 19.2 Å². The van der Waals surface area contributed by atoms with E-state index in [9.17, 15) is 0 Å². The molecule has 2 rings (SSSR count). The zero-order valence-corrected chi connectivity index (χ0v) is 13.0. The summed E-state index contributed by atoms with van der Waals surface area (Å²) in [5.74, 6) is 0.915. The molecule has 2 aliphatic rings. The van der Waals surface area contributed by atoms with Gasteiger partial charge in [-0.1, -0.05) is 52.4 Å². The monoisotopic (exact) mass is 267 g/mol. The predicted octanol–water partition coefficient (Wildman–Crippen LogP) is 4.28. The minimum Gasteiger partial charge on any atom is -0.370 e. The first-order chi connectivity index (χ1) is 9.28. The third kappa shape index (κ3) is 4.46. The average molecular weight is 267 g/mol. The summed E-state index contributed by atoms with van der Waals surface area (Å²) in [5, 5.41) is 3.55. The summed E-state index contributed by atoms with van der Waals surface area (Å²) in [5.41, 5.74) is 0.161. The Bertz CT molecular complexity index is 248. The topological polar surface area (TPSA) is 21.3 Å². The lowest BCUT2D eigenvalue weighted by atomic mass is 9.82. The van der Waals surface area contributed by atoms with Crippen molar-refractivity contribution in [2.24, 2.45) is 5.92 Å². The molecule has 2 saturated carbocycles. The molecular formula is C17H33NO. The second-order valence-corrected chi connectivity index (χ2v) is 6.70. The molecule has 0 spiro atoms. The molecule has 0 aliphatic heterocycles. The van der Waals surface area contributed by atoms with Crippen LogP contribution in [0.5, 0.6) is 0 Å². The van der Waals surface area contributed by atoms with E-state index in [1.807, 2.05) is 0 Å². The summed E-state index contributed by atoms with van der Waals surface area (Å²) in [7, 11) is 0. The van der Waals surface area contributed by atoms with E-state index in [0.717, 1.165) is 19.0 Å². The van der Waals surface area contributed by atoms with E-state index in [4.69, 9.17) is 4.74 Å². The van der Waals surface area contributed by atoms with E-state index in [0.29, 0.717) is 6.10 Å². The summed E-state index contributed by atoms with van der Waals surface area (Å²) < 4.78 is 6.69. The van der Waals surface area contributed by atoms with E-state index < -0.39 is 0 Å². The van der Waals surface area contributed by atoms with Crippen molar-refractivity contribution >= 4 is 0 Å². The van der Waals surface area contributed by atoms with Crippen molar-refractivity contribution in [3.63, 3.8) is 0 Å². The van der Waals surface area contributed by atoms with Gasteiger partial charge in [0, 0.05) is 6.54 Å². The van der Waals surface area contributed by atoms with E-state index in [-0.39, 0.29) is 5.60 Å². The maximum absolute atomic E-state index is 6.69. The number of ether oxygens (including phenoxy) is 1. The number of likely N-dealkylation sites (N-methyl/N-ethyl adjacent to an activating group) is 1. The van der Waals surface area contributed by atoms with Crippen LogP contribution >= 0.6 is 0 Å². The Morgan fingerprint density at radius 1 is 1.05 bits per heavy atom. The van der Waals surface area contributed by atoms with Crippen LogP contribution in [0.15, 0.2) is 0 Å². The molecule has 2 atom stereocenters. The van der Waals surface area contributed by atoms with Crippen molar-refractivity contribution in [2.45, 2.75) is 89.8 Å². The Hall–Kier alpha value is -0.0800. The Balaban J connectivity index is 1.90. The van der Waals surface area contributed by atoms with Crippen LogP contribution in [-0.4, -0.2) is 24.8 Å². The largest absolute Gasteiger partial charge is 0.370 e. The van der Waals surface area contributed by atoms with Crippen LogP contribution in [-0.2, 0) is 4.74 Å². The molecule has 2 fully saturated rings. The Labute approximate surface area is 119 Å². The first-order valence-corrected chi connectivity index (χ1v) is 8.66. The van der Waals surface area contributed by atoms with Gasteiger partial charge in [0.2, 0.25) is 0 Å². The standard InChI is InChI=1S/C17H33NO/c1-3-15-9-8-10-16(13-15)19-17(14-18-4-2)11-6-5-7-12-17/h15-16,18H,3-14H2,1-2H3. The van der Waals surface area contributed by atoms with Crippen LogP contribution in [0.1, 0.15) is 78.1 Å². The van der Waals surface area contributed by atoms with E-state index in [1.165, 1.54) is 64.2 Å². The fraction of sp³-hybridized carbons (Fsp3) is 1.00. The summed E-state index contributed by atoms with van der Waals surface area (Å²) in [4.78, 5) is 0. The van der Waals surface area contributed by atoms with Gasteiger partial charge in [-0.15, -0.1) is 0 Å². The third-order valence-corrected chi connectivity index (χ3v) is 5.19. The Morgan fingerprint density at radius 2 is 1.84 bits per heavy atom. The van der Waals surface area contributed by atoms with E-state index >= 15 is 0 Å². The van der Waals surface area contributed by atoms with Gasteiger partial charge in [-0.25, -0.2) is 0 Å². The predicted molar refractivity (Wildman–Crippen MR) is 81.5 cm³/mol. The van der Waals surface area contributed by atoms with Crippen LogP contribution in [0.2, 0.25) is 0 Å². The Morgan fingerprint density at radius 3 is 2.53 bits per heavy atom. The van der Waals surface area contributed by atoms with Crippen LogP contribution in [0.25, 0.3) is 0 Å². The quantitative estimate of drug-likeness (QED) is 0.775. The van der Waals surface area contributed by atoms with Gasteiger partial charge in [0.05, 0.1) is 11.7 Å². The lowest BCUT2D eigenvalue weighted by molar-refractivity contribution is -0.127. The average Bonchev–Trinajstić information content (AvgIpc) is 2.46. The smallest absolute Gasteiger partial charge is 0.0810 e. The second kappa shape index (κ2) is 7.64. The lowest BCUT2D eigenvalue weighted by Gasteiger charge is -2.42. The molecule has 0 saturated heterocycles. The molecule has 2 nitrogen and oxygen atoms in total. The minimum absolute atomic E-state index is 0.161. The number of rotatable bonds is 6. The third-order valence-electron chi connectivity index (χ3n) is 5.19. The summed E-state index contributed by atoms with van der Waals surface area (Å²) >= 11 is 0. The van der Waals surface area contributed by atoms with Gasteiger partial charge in [0.25, 0.3) is 0 Å². The summed E-state index contributed by atoms with van der Waals surface area (Å²) in [6, 6.07) is 0. The summed E-state index contributed by atoms with van der Waals surface area (Å²) in [6.07, 6.45) is 13.9. The van der Waals surface area contributed by atoms with Gasteiger partial charge in [-0.2, -0.15) is 0 Å². The zero-order chi connectivity index (χ0) is 13.6. The fourth-order valence-electron chi connectivity index (χ4n) is 3.96. The highest BCUT2D eigenvalue weighted by atomic mass is 16.5. The van der Waals surface area contributed by atoms with Crippen molar-refractivity contribution in [1.82, 2.24) is 5.32 Å². The highest BCUT2D eigenvalue weighted by Crippen LogP contribution is 2.37. The molecule has 2 heteroatoms. The molecular weight excluding hydrogens is 234 g/mol. The van der Waals surface area contributed by atoms with Gasteiger partial charge in [-0.05, 0) is 38.1 Å². The molecule has 0 aromatic carbocycles. The number of nitrogens with one attached hydrogen (secondary N) is 1. The molecule has 2 aliphatic carbocycles. The van der Waals surface area contributed by atoms with E-state index in [1.54, 1.807) is 0 Å². The molecule has 0 bridgehead atoms. The highest BCUT2D eigenvalue weighted by molar-refractivity contribution is 4.89. The number of hydrogen-bond acceptors (Lipinski definition) is 2. The molecule has 0 aromatic heterocycles. The van der Waals surface area contributed by atoms with Crippen molar-refractivity contribution in [3.8, 4) is 0 Å². The Kier molecular flexibility index (Phi) is 6.15. The lowest BCUT2D eigenvalue weighted by Crippen LogP contribution is -2.47. The molecule has 2 unspecified atom stereocenters. The van der Waals surface area contributed by atoms with Gasteiger partial charge in [0.1, 0.15) is 0 Å². The SMILES string of the molecule is CCNCC1(OC2CCCC(CC)C2)CCCCC1. The van der Waals surface area contributed by atoms with Crippen molar-refractivity contribution < 1.29 is 4.74 Å². The first-order valence-electron chi connectivity index (χ1n) is 8.66. The van der Waals surface area contributed by atoms with Gasteiger partial charge in [0.15, 0.2) is 0 Å². The maximum Gasteiger partial charge on any atom is 0.0810 e. The van der Waals surface area contributed by atoms with Crippen LogP contribution in [0.3, 0.4) is 0 Å². The second-order valence-electron chi connectivity index (χ2n) is 6.70. The summed E-state index contributed by atoms with van der Waals surface area (Å²) in [6.45, 7) is 6.66. The molecule has 0 heterocycles. The molecule has 1 N–H and O–H groups in total. The fourth-order valence-corrected chi connectivity index (χ4v) is 3.96. The minimum atomic E-state index is 0.161. The molecule has 0 radical (unpaired) electrons.